The molecule has 2 aliphatic heterocycles. The lowest BCUT2D eigenvalue weighted by molar-refractivity contribution is -0.230. The fourth-order valence-electron chi connectivity index (χ4n) is 5.60. The molecule has 0 amide bonds. The van der Waals surface area contributed by atoms with Gasteiger partial charge in [-0.3, -0.25) is 0 Å². The third-order valence-corrected chi connectivity index (χ3v) is 8.57. The first-order valence-corrected chi connectivity index (χ1v) is 15.6. The number of methoxy groups -OCH3 is 2. The van der Waals surface area contributed by atoms with Crippen LogP contribution in [0.4, 0.5) is 5.69 Å². The second kappa shape index (κ2) is 14.3. The van der Waals surface area contributed by atoms with Crippen molar-refractivity contribution in [1.29, 1.82) is 0 Å². The molecule has 0 bridgehead atoms. The summed E-state index contributed by atoms with van der Waals surface area (Å²) in [7, 11) is 3.08. The van der Waals surface area contributed by atoms with Gasteiger partial charge in [-0.2, -0.15) is 0 Å². The van der Waals surface area contributed by atoms with Crippen molar-refractivity contribution in [2.45, 2.75) is 52.3 Å². The monoisotopic (exact) mass is 637 g/mol. The predicted molar refractivity (Wildman–Crippen MR) is 172 cm³/mol. The minimum Gasteiger partial charge on any atom is -0.467 e. The lowest BCUT2D eigenvalue weighted by Crippen LogP contribution is -2.36. The normalized spacial score (nSPS) is 23.1. The Kier molecular flexibility index (Phi) is 10.6. The SMILES string of the molecule is CCC1(C)COC(c2ccc(OCOC)c(C(O)(c3cccc(N)c3)c3cc(C4OCC(C)(C)CO4)ccc3OCOC)c2)OC1. The average Bonchev–Trinajstić information content (AvgIpc) is 3.06. The first kappa shape index (κ1) is 34.1. The first-order chi connectivity index (χ1) is 22.0. The maximum Gasteiger partial charge on any atom is 0.188 e. The minimum absolute atomic E-state index is 0.0444. The van der Waals surface area contributed by atoms with Gasteiger partial charge in [-0.1, -0.05) is 52.0 Å². The van der Waals surface area contributed by atoms with Crippen LogP contribution in [0.3, 0.4) is 0 Å². The maximum atomic E-state index is 13.3. The van der Waals surface area contributed by atoms with Crippen LogP contribution in [0.15, 0.2) is 60.7 Å². The van der Waals surface area contributed by atoms with Crippen molar-refractivity contribution in [3.05, 3.63) is 88.5 Å². The number of ether oxygens (including phenoxy) is 8. The van der Waals surface area contributed by atoms with Gasteiger partial charge in [0.25, 0.3) is 0 Å². The fraction of sp³-hybridized carbons (Fsp3) is 0.500. The van der Waals surface area contributed by atoms with Gasteiger partial charge >= 0.3 is 0 Å². The third kappa shape index (κ3) is 7.34. The zero-order valence-electron chi connectivity index (χ0n) is 27.7. The van der Waals surface area contributed by atoms with Crippen LogP contribution < -0.4 is 15.2 Å². The van der Waals surface area contributed by atoms with Crippen molar-refractivity contribution in [2.75, 3.05) is 60.0 Å². The molecule has 2 aliphatic rings. The molecule has 3 aromatic rings. The van der Waals surface area contributed by atoms with E-state index in [4.69, 9.17) is 43.6 Å². The Labute approximate surface area is 271 Å². The summed E-state index contributed by atoms with van der Waals surface area (Å²) in [6, 6.07) is 18.1. The number of benzene rings is 3. The Hall–Kier alpha value is -3.22. The Bertz CT molecular complexity index is 1460. The van der Waals surface area contributed by atoms with E-state index in [1.807, 2.05) is 30.3 Å². The average molecular weight is 638 g/mol. The molecular weight excluding hydrogens is 590 g/mol. The van der Waals surface area contributed by atoms with E-state index in [0.717, 1.165) is 12.0 Å². The fourth-order valence-corrected chi connectivity index (χ4v) is 5.60. The number of nitrogen functional groups attached to an aromatic ring is 1. The highest BCUT2D eigenvalue weighted by Crippen LogP contribution is 2.48. The van der Waals surface area contributed by atoms with Gasteiger partial charge in [0.1, 0.15) is 17.1 Å². The molecule has 2 saturated heterocycles. The zero-order chi connectivity index (χ0) is 33.0. The van der Waals surface area contributed by atoms with Crippen molar-refractivity contribution >= 4 is 5.69 Å². The number of hydrogen-bond acceptors (Lipinski definition) is 10. The van der Waals surface area contributed by atoms with E-state index in [0.29, 0.717) is 65.9 Å². The molecule has 1 atom stereocenters. The van der Waals surface area contributed by atoms with E-state index in [2.05, 4.69) is 27.7 Å². The van der Waals surface area contributed by atoms with Crippen molar-refractivity contribution in [1.82, 2.24) is 0 Å². The number of hydrogen-bond donors (Lipinski definition) is 2. The highest BCUT2D eigenvalue weighted by molar-refractivity contribution is 5.60. The van der Waals surface area contributed by atoms with Crippen molar-refractivity contribution in [3.8, 4) is 11.5 Å². The van der Waals surface area contributed by atoms with E-state index < -0.39 is 18.2 Å². The summed E-state index contributed by atoms with van der Waals surface area (Å²) in [5.41, 5.74) is 7.47. The molecule has 0 radical (unpaired) electrons. The standard InChI is InChI=1S/C36H47NO9/c1-7-35(4)20-43-33(44-21-35)25-12-14-31(46-23-40-6)29(16-25)36(38,26-9-8-10-27(37)17-26)28-15-24(11-13-30(28)45-22-39-5)32-41-18-34(2,3)19-42-32/h8-17,32-33,38H,7,18-23,37H2,1-6H3. The lowest BCUT2D eigenvalue weighted by atomic mass is 9.78. The van der Waals surface area contributed by atoms with E-state index in [-0.39, 0.29) is 24.4 Å². The molecule has 2 fully saturated rings. The zero-order valence-corrected chi connectivity index (χ0v) is 27.7. The van der Waals surface area contributed by atoms with Crippen LogP contribution in [-0.4, -0.2) is 59.3 Å². The first-order valence-electron chi connectivity index (χ1n) is 15.6. The van der Waals surface area contributed by atoms with Crippen LogP contribution in [0.5, 0.6) is 11.5 Å². The second-order valence-electron chi connectivity index (χ2n) is 13.2. The summed E-state index contributed by atoms with van der Waals surface area (Å²) < 4.78 is 47.4. The van der Waals surface area contributed by atoms with Gasteiger partial charge in [-0.25, -0.2) is 0 Å². The van der Waals surface area contributed by atoms with Crippen LogP contribution in [-0.2, 0) is 34.0 Å². The van der Waals surface area contributed by atoms with E-state index >= 15 is 0 Å². The van der Waals surface area contributed by atoms with E-state index in [1.54, 1.807) is 30.3 Å². The molecule has 46 heavy (non-hydrogen) atoms. The number of aliphatic hydroxyl groups is 1. The van der Waals surface area contributed by atoms with Crippen LogP contribution >= 0.6 is 0 Å². The van der Waals surface area contributed by atoms with Crippen molar-refractivity contribution < 1.29 is 43.0 Å². The van der Waals surface area contributed by atoms with Gasteiger partial charge in [-0.15, -0.1) is 0 Å². The van der Waals surface area contributed by atoms with Crippen molar-refractivity contribution in [3.63, 3.8) is 0 Å². The molecule has 5 rings (SSSR count). The summed E-state index contributed by atoms with van der Waals surface area (Å²) in [6.45, 7) is 10.5. The molecule has 1 unspecified atom stereocenters. The lowest BCUT2D eigenvalue weighted by Gasteiger charge is -2.38. The molecule has 2 heterocycles. The quantitative estimate of drug-likeness (QED) is 0.138. The highest BCUT2D eigenvalue weighted by Gasteiger charge is 2.42. The molecule has 250 valence electrons. The summed E-state index contributed by atoms with van der Waals surface area (Å²) in [5.74, 6) is 0.776. The molecule has 10 heteroatoms. The topological polar surface area (TPSA) is 120 Å². The molecular formula is C36H47NO9. The summed E-state index contributed by atoms with van der Waals surface area (Å²) in [4.78, 5) is 0. The summed E-state index contributed by atoms with van der Waals surface area (Å²) in [5, 5.41) is 13.3. The Balaban J connectivity index is 1.70. The smallest absolute Gasteiger partial charge is 0.188 e. The van der Waals surface area contributed by atoms with Crippen LogP contribution in [0, 0.1) is 10.8 Å². The van der Waals surface area contributed by atoms with Gasteiger partial charge in [-0.05, 0) is 48.4 Å². The molecule has 0 aliphatic carbocycles. The second-order valence-corrected chi connectivity index (χ2v) is 13.2. The number of rotatable bonds is 12. The van der Waals surface area contributed by atoms with E-state index in [1.165, 1.54) is 14.2 Å². The highest BCUT2D eigenvalue weighted by atomic mass is 16.7. The predicted octanol–water partition coefficient (Wildman–Crippen LogP) is 6.05. The molecule has 0 aromatic heterocycles. The van der Waals surface area contributed by atoms with E-state index in [9.17, 15) is 5.11 Å². The molecule has 0 saturated carbocycles. The molecule has 10 nitrogen and oxygen atoms in total. The minimum atomic E-state index is -1.87. The van der Waals surface area contributed by atoms with Crippen LogP contribution in [0.25, 0.3) is 0 Å². The van der Waals surface area contributed by atoms with Gasteiger partial charge in [0.05, 0.1) is 26.4 Å². The Morgan fingerprint density at radius 2 is 1.26 bits per heavy atom. The summed E-state index contributed by atoms with van der Waals surface area (Å²) in [6.07, 6.45) is -0.347. The number of anilines is 1. The maximum absolute atomic E-state index is 13.3. The molecule has 3 aromatic carbocycles. The van der Waals surface area contributed by atoms with Gasteiger partial charge < -0.3 is 48.7 Å². The third-order valence-electron chi connectivity index (χ3n) is 8.57. The Morgan fingerprint density at radius 3 is 1.72 bits per heavy atom. The largest absolute Gasteiger partial charge is 0.467 e. The number of nitrogens with two attached hydrogens (primary N) is 1. The van der Waals surface area contributed by atoms with Gasteiger partial charge in [0.2, 0.25) is 0 Å². The molecule has 0 spiro atoms. The summed E-state index contributed by atoms with van der Waals surface area (Å²) >= 11 is 0. The Morgan fingerprint density at radius 1 is 0.761 bits per heavy atom. The van der Waals surface area contributed by atoms with Crippen molar-refractivity contribution in [2.24, 2.45) is 10.8 Å². The van der Waals surface area contributed by atoms with Gasteiger partial charge in [0.15, 0.2) is 26.2 Å². The van der Waals surface area contributed by atoms with Crippen LogP contribution in [0.2, 0.25) is 0 Å². The van der Waals surface area contributed by atoms with Gasteiger partial charge in [0, 0.05) is 53.0 Å². The van der Waals surface area contributed by atoms with Crippen LogP contribution in [0.1, 0.15) is 74.5 Å². The molecule has 3 N–H and O–H groups in total.